The summed E-state index contributed by atoms with van der Waals surface area (Å²) in [5.74, 6) is -0.855. The summed E-state index contributed by atoms with van der Waals surface area (Å²) >= 11 is 1.51. The van der Waals surface area contributed by atoms with Crippen LogP contribution in [0.5, 0.6) is 5.88 Å². The summed E-state index contributed by atoms with van der Waals surface area (Å²) in [7, 11) is 0. The van der Waals surface area contributed by atoms with Gasteiger partial charge in [-0.25, -0.2) is 14.8 Å². The molecule has 1 aliphatic heterocycles. The molecule has 4 aromatic rings. The number of ether oxygens (including phenoxy) is 2. The first-order chi connectivity index (χ1) is 28.3. The SMILES string of the molecule is C/C=C\CCCCC[C@H](NC(=O)OC1CCCC1)C(=O)N1C[C@H](Oc2nc3ccccc3nc2-c2cccs2)C[C@H]1C(=O)N[C@@H](CC)C(=O)NCCc1ccccc1. The number of rotatable bonds is 19. The van der Waals surface area contributed by atoms with Gasteiger partial charge in [0.1, 0.15) is 36.0 Å². The zero-order valence-corrected chi connectivity index (χ0v) is 34.4. The van der Waals surface area contributed by atoms with Gasteiger partial charge in [0.05, 0.1) is 22.5 Å². The highest BCUT2D eigenvalue weighted by atomic mass is 32.1. The standard InChI is InChI=1S/C45H56N6O6S/c1-3-5-6-7-8-12-24-37(50-45(55)57-32-20-13-14-21-32)44(54)51-30-33(56-43-40(39-25-17-28-58-39)47-35-22-15-16-23-36(35)49-43)29-38(51)42(53)48-34(4-2)41(52)46-27-26-31-18-10-9-11-19-31/h3,5,9-11,15-19,22-23,25,28,32-34,37-38H,4,6-8,12-14,20-21,24,26-27,29-30H2,1-2H3,(H,46,52)(H,48,53)(H,50,55)/b5-3-/t33-,34+,37+,38+/m1/s1. The molecule has 1 saturated carbocycles. The number of allylic oxidation sites excluding steroid dienone is 2. The second kappa shape index (κ2) is 21.5. The lowest BCUT2D eigenvalue weighted by Gasteiger charge is -2.29. The molecule has 6 rings (SSSR count). The maximum Gasteiger partial charge on any atom is 0.408 e. The molecule has 1 aliphatic carbocycles. The van der Waals surface area contributed by atoms with E-state index in [0.29, 0.717) is 49.3 Å². The number of aromatic nitrogens is 2. The van der Waals surface area contributed by atoms with Crippen LogP contribution in [0.15, 0.2) is 84.3 Å². The number of thiophene rings is 1. The number of nitrogens with one attached hydrogen (secondary N) is 3. The van der Waals surface area contributed by atoms with Crippen molar-refractivity contribution in [3.05, 3.63) is 89.8 Å². The quantitative estimate of drug-likeness (QED) is 0.0650. The first-order valence-electron chi connectivity index (χ1n) is 20.8. The van der Waals surface area contributed by atoms with Crippen molar-refractivity contribution in [2.24, 2.45) is 0 Å². The van der Waals surface area contributed by atoms with Gasteiger partial charge in [-0.1, -0.05) is 80.4 Å². The van der Waals surface area contributed by atoms with E-state index >= 15 is 0 Å². The Morgan fingerprint density at radius 1 is 0.897 bits per heavy atom. The van der Waals surface area contributed by atoms with Crippen molar-refractivity contribution in [3.8, 4) is 16.5 Å². The molecule has 0 unspecified atom stereocenters. The molecule has 0 spiro atoms. The molecular weight excluding hydrogens is 753 g/mol. The number of nitrogens with zero attached hydrogens (tertiary/aromatic N) is 3. The van der Waals surface area contributed by atoms with E-state index in [1.165, 1.54) is 16.2 Å². The number of fused-ring (bicyclic) bond motifs is 1. The third-order valence-electron chi connectivity index (χ3n) is 10.8. The van der Waals surface area contributed by atoms with Gasteiger partial charge >= 0.3 is 6.09 Å². The van der Waals surface area contributed by atoms with E-state index in [1.807, 2.05) is 92.0 Å². The Bertz CT molecular complexity index is 1990. The van der Waals surface area contributed by atoms with Crippen molar-refractivity contribution in [2.45, 2.75) is 121 Å². The van der Waals surface area contributed by atoms with Gasteiger partial charge in [0.15, 0.2) is 0 Å². The third-order valence-corrected chi connectivity index (χ3v) is 11.7. The van der Waals surface area contributed by atoms with E-state index in [4.69, 9.17) is 19.4 Å². The summed E-state index contributed by atoms with van der Waals surface area (Å²) in [6.07, 6.45) is 11.3. The predicted molar refractivity (Wildman–Crippen MR) is 226 cm³/mol. The fourth-order valence-corrected chi connectivity index (χ4v) is 8.34. The maximum atomic E-state index is 14.7. The Labute approximate surface area is 345 Å². The third kappa shape index (κ3) is 11.6. The van der Waals surface area contributed by atoms with Crippen molar-refractivity contribution < 1.29 is 28.7 Å². The molecule has 4 atom stereocenters. The number of para-hydroxylation sites is 2. The first kappa shape index (κ1) is 42.3. The summed E-state index contributed by atoms with van der Waals surface area (Å²) in [4.78, 5) is 67.7. The van der Waals surface area contributed by atoms with Crippen molar-refractivity contribution >= 4 is 46.2 Å². The van der Waals surface area contributed by atoms with E-state index in [-0.39, 0.29) is 25.0 Å². The summed E-state index contributed by atoms with van der Waals surface area (Å²) in [5, 5.41) is 10.7. The van der Waals surface area contributed by atoms with Gasteiger partial charge in [0.25, 0.3) is 0 Å². The number of carbonyl (C=O) groups excluding carboxylic acids is 4. The van der Waals surface area contributed by atoms with Crippen molar-refractivity contribution in [1.82, 2.24) is 30.8 Å². The Kier molecular flexibility index (Phi) is 15.7. The molecule has 12 nitrogen and oxygen atoms in total. The van der Waals surface area contributed by atoms with E-state index in [2.05, 4.69) is 22.0 Å². The highest BCUT2D eigenvalue weighted by Gasteiger charge is 2.44. The average Bonchev–Trinajstić information content (AvgIpc) is 4.04. The number of unbranched alkanes of at least 4 members (excludes halogenated alkanes) is 3. The zero-order valence-electron chi connectivity index (χ0n) is 33.6. The molecule has 2 aromatic carbocycles. The number of benzene rings is 2. The lowest BCUT2D eigenvalue weighted by atomic mass is 10.0. The van der Waals surface area contributed by atoms with Gasteiger partial charge in [-0.05, 0) is 93.9 Å². The number of amides is 4. The monoisotopic (exact) mass is 808 g/mol. The van der Waals surface area contributed by atoms with Crippen molar-refractivity contribution in [3.63, 3.8) is 0 Å². The summed E-state index contributed by atoms with van der Waals surface area (Å²) < 4.78 is 12.4. The molecule has 13 heteroatoms. The van der Waals surface area contributed by atoms with Gasteiger partial charge < -0.3 is 30.3 Å². The van der Waals surface area contributed by atoms with Crippen LogP contribution in [-0.4, -0.2) is 82.1 Å². The molecule has 0 bridgehead atoms. The Morgan fingerprint density at radius 3 is 2.38 bits per heavy atom. The van der Waals surface area contributed by atoms with Crippen molar-refractivity contribution in [1.29, 1.82) is 0 Å². The van der Waals surface area contributed by atoms with E-state index in [9.17, 15) is 19.2 Å². The number of likely N-dealkylation sites (tertiary alicyclic amines) is 1. The molecular formula is C45H56N6O6S. The van der Waals surface area contributed by atoms with Crippen LogP contribution in [0.2, 0.25) is 0 Å². The molecule has 2 fully saturated rings. The molecule has 1 saturated heterocycles. The van der Waals surface area contributed by atoms with Gasteiger partial charge in [0.2, 0.25) is 23.6 Å². The van der Waals surface area contributed by atoms with Crippen molar-refractivity contribution in [2.75, 3.05) is 13.1 Å². The normalized spacial score (nSPS) is 17.9. The van der Waals surface area contributed by atoms with Crippen LogP contribution in [0.1, 0.15) is 90.0 Å². The van der Waals surface area contributed by atoms with Gasteiger partial charge in [-0.2, -0.15) is 0 Å². The molecule has 3 heterocycles. The smallest absolute Gasteiger partial charge is 0.408 e. The molecule has 2 aromatic heterocycles. The minimum Gasteiger partial charge on any atom is -0.471 e. The number of carbonyl (C=O) groups is 4. The van der Waals surface area contributed by atoms with Crippen LogP contribution < -0.4 is 20.7 Å². The van der Waals surface area contributed by atoms with Crippen LogP contribution in [0.25, 0.3) is 21.6 Å². The lowest BCUT2D eigenvalue weighted by molar-refractivity contribution is -0.141. The topological polar surface area (TPSA) is 152 Å². The van der Waals surface area contributed by atoms with Crippen LogP contribution in [-0.2, 0) is 25.5 Å². The largest absolute Gasteiger partial charge is 0.471 e. The number of hydrogen-bond donors (Lipinski definition) is 3. The van der Waals surface area contributed by atoms with E-state index in [1.54, 1.807) is 0 Å². The van der Waals surface area contributed by atoms with Crippen LogP contribution in [0, 0.1) is 0 Å². The van der Waals surface area contributed by atoms with Gasteiger partial charge in [0, 0.05) is 13.0 Å². The molecule has 0 radical (unpaired) electrons. The Morgan fingerprint density at radius 2 is 1.66 bits per heavy atom. The first-order valence-corrected chi connectivity index (χ1v) is 21.7. The highest BCUT2D eigenvalue weighted by molar-refractivity contribution is 7.13. The Hall–Kier alpha value is -5.30. The van der Waals surface area contributed by atoms with Crippen LogP contribution in [0.3, 0.4) is 0 Å². The second-order valence-electron chi connectivity index (χ2n) is 15.0. The van der Waals surface area contributed by atoms with E-state index in [0.717, 1.165) is 60.9 Å². The molecule has 58 heavy (non-hydrogen) atoms. The Balaban J connectivity index is 1.23. The second-order valence-corrected chi connectivity index (χ2v) is 16.0. The van der Waals surface area contributed by atoms with Crippen LogP contribution >= 0.6 is 11.3 Å². The molecule has 3 N–H and O–H groups in total. The maximum absolute atomic E-state index is 14.7. The minimum atomic E-state index is -0.980. The molecule has 308 valence electrons. The average molecular weight is 809 g/mol. The minimum absolute atomic E-state index is 0.0620. The zero-order chi connectivity index (χ0) is 40.7. The summed E-state index contributed by atoms with van der Waals surface area (Å²) in [6.45, 7) is 4.30. The summed E-state index contributed by atoms with van der Waals surface area (Å²) in [6, 6.07) is 18.6. The van der Waals surface area contributed by atoms with Gasteiger partial charge in [-0.15, -0.1) is 11.3 Å². The van der Waals surface area contributed by atoms with Crippen LogP contribution in [0.4, 0.5) is 4.79 Å². The number of alkyl carbamates (subject to hydrolysis) is 1. The molecule has 4 amide bonds. The highest BCUT2D eigenvalue weighted by Crippen LogP contribution is 2.34. The van der Waals surface area contributed by atoms with Gasteiger partial charge in [-0.3, -0.25) is 14.4 Å². The lowest BCUT2D eigenvalue weighted by Crippen LogP contribution is -2.56. The van der Waals surface area contributed by atoms with E-state index < -0.39 is 42.1 Å². The number of hydrogen-bond acceptors (Lipinski definition) is 9. The predicted octanol–water partition coefficient (Wildman–Crippen LogP) is 7.52. The fraction of sp³-hybridized carbons (Fsp3) is 0.467. The summed E-state index contributed by atoms with van der Waals surface area (Å²) in [5.41, 5.74) is 3.04. The fourth-order valence-electron chi connectivity index (χ4n) is 7.64. The molecule has 2 aliphatic rings.